The van der Waals surface area contributed by atoms with Crippen LogP contribution in [0.5, 0.6) is 5.75 Å². The average Bonchev–Trinajstić information content (AvgIpc) is 2.76. The lowest BCUT2D eigenvalue weighted by molar-refractivity contribution is -0.130. The Bertz CT molecular complexity index is 824. The highest BCUT2D eigenvalue weighted by atomic mass is 16.5. The number of benzene rings is 2. The van der Waals surface area contributed by atoms with Gasteiger partial charge in [-0.1, -0.05) is 42.0 Å². The number of amides is 2. The van der Waals surface area contributed by atoms with Crippen LogP contribution in [0.4, 0.5) is 0 Å². The summed E-state index contributed by atoms with van der Waals surface area (Å²) in [6.45, 7) is 3.12. The third kappa shape index (κ3) is 6.08. The van der Waals surface area contributed by atoms with Crippen LogP contribution in [0, 0.1) is 18.8 Å². The van der Waals surface area contributed by atoms with E-state index in [1.807, 2.05) is 49.4 Å². The second-order valence-electron chi connectivity index (χ2n) is 7.82. The molecule has 0 spiro atoms. The van der Waals surface area contributed by atoms with Gasteiger partial charge in [0.15, 0.2) is 0 Å². The molecule has 5 heteroatoms. The Kier molecular flexibility index (Phi) is 7.28. The van der Waals surface area contributed by atoms with Crippen molar-refractivity contribution in [3.05, 3.63) is 65.2 Å². The molecule has 1 aliphatic rings. The van der Waals surface area contributed by atoms with Crippen molar-refractivity contribution in [2.24, 2.45) is 11.8 Å². The van der Waals surface area contributed by atoms with E-state index in [1.165, 1.54) is 5.56 Å². The molecule has 2 N–H and O–H groups in total. The molecule has 0 aromatic heterocycles. The number of hydrogen-bond acceptors (Lipinski definition) is 3. The predicted octanol–water partition coefficient (Wildman–Crippen LogP) is 3.74. The summed E-state index contributed by atoms with van der Waals surface area (Å²) in [6, 6.07) is 15.9. The van der Waals surface area contributed by atoms with E-state index in [0.717, 1.165) is 42.6 Å². The number of nitrogens with one attached hydrogen (secondary N) is 2. The van der Waals surface area contributed by atoms with Gasteiger partial charge in [0.1, 0.15) is 5.75 Å². The van der Waals surface area contributed by atoms with Gasteiger partial charge in [0.25, 0.3) is 0 Å². The first-order chi connectivity index (χ1) is 14.0. The van der Waals surface area contributed by atoms with Crippen LogP contribution in [0.25, 0.3) is 0 Å². The Morgan fingerprint density at radius 2 is 1.41 bits per heavy atom. The van der Waals surface area contributed by atoms with E-state index in [2.05, 4.69) is 16.7 Å². The molecule has 2 aromatic rings. The number of aryl methyl sites for hydroxylation is 1. The first-order valence-corrected chi connectivity index (χ1v) is 10.3. The van der Waals surface area contributed by atoms with E-state index < -0.39 is 0 Å². The average molecular weight is 395 g/mol. The summed E-state index contributed by atoms with van der Waals surface area (Å²) in [6.07, 6.45) is 3.05. The van der Waals surface area contributed by atoms with Crippen molar-refractivity contribution in [3.63, 3.8) is 0 Å². The lowest BCUT2D eigenvalue weighted by atomic mass is 9.81. The van der Waals surface area contributed by atoms with Crippen molar-refractivity contribution in [2.75, 3.05) is 7.11 Å². The number of methoxy groups -OCH3 is 1. The Labute approximate surface area is 172 Å². The zero-order chi connectivity index (χ0) is 20.6. The molecular formula is C24H30N2O3. The second-order valence-corrected chi connectivity index (χ2v) is 7.82. The van der Waals surface area contributed by atoms with Gasteiger partial charge >= 0.3 is 0 Å². The molecular weight excluding hydrogens is 364 g/mol. The van der Waals surface area contributed by atoms with Crippen LogP contribution in [0.2, 0.25) is 0 Å². The van der Waals surface area contributed by atoms with E-state index in [0.29, 0.717) is 13.1 Å². The number of ether oxygens (including phenoxy) is 1. The van der Waals surface area contributed by atoms with Crippen molar-refractivity contribution < 1.29 is 14.3 Å². The van der Waals surface area contributed by atoms with Crippen molar-refractivity contribution in [3.8, 4) is 5.75 Å². The highest BCUT2D eigenvalue weighted by molar-refractivity contribution is 5.81. The zero-order valence-corrected chi connectivity index (χ0v) is 17.2. The molecule has 1 saturated carbocycles. The standard InChI is InChI=1S/C24H30N2O3/c1-17-4-3-5-19(14-17)16-26-24(28)21-10-8-20(9-11-21)23(27)25-15-18-6-12-22(29-2)13-7-18/h3-7,12-14,20-21H,8-11,15-16H2,1-2H3,(H,25,27)(H,26,28). The van der Waals surface area contributed by atoms with E-state index >= 15 is 0 Å². The summed E-state index contributed by atoms with van der Waals surface area (Å²) in [4.78, 5) is 25.0. The quantitative estimate of drug-likeness (QED) is 0.752. The Morgan fingerprint density at radius 1 is 0.862 bits per heavy atom. The van der Waals surface area contributed by atoms with Crippen LogP contribution in [-0.2, 0) is 22.7 Å². The van der Waals surface area contributed by atoms with Crippen LogP contribution in [0.3, 0.4) is 0 Å². The maximum Gasteiger partial charge on any atom is 0.223 e. The Hall–Kier alpha value is -2.82. The van der Waals surface area contributed by atoms with Crippen LogP contribution >= 0.6 is 0 Å². The maximum absolute atomic E-state index is 12.5. The molecule has 5 nitrogen and oxygen atoms in total. The first-order valence-electron chi connectivity index (χ1n) is 10.3. The molecule has 0 bridgehead atoms. The van der Waals surface area contributed by atoms with Crippen LogP contribution in [-0.4, -0.2) is 18.9 Å². The summed E-state index contributed by atoms with van der Waals surface area (Å²) in [7, 11) is 1.63. The number of carbonyl (C=O) groups is 2. The zero-order valence-electron chi connectivity index (χ0n) is 17.2. The molecule has 29 heavy (non-hydrogen) atoms. The SMILES string of the molecule is COc1ccc(CNC(=O)C2CCC(C(=O)NCc3cccc(C)c3)CC2)cc1. The molecule has 0 unspecified atom stereocenters. The van der Waals surface area contributed by atoms with Gasteiger partial charge in [-0.15, -0.1) is 0 Å². The number of rotatable bonds is 7. The van der Waals surface area contributed by atoms with E-state index in [9.17, 15) is 9.59 Å². The number of carbonyl (C=O) groups excluding carboxylic acids is 2. The van der Waals surface area contributed by atoms with Crippen molar-refractivity contribution in [1.29, 1.82) is 0 Å². The van der Waals surface area contributed by atoms with Crippen molar-refractivity contribution in [2.45, 2.75) is 45.7 Å². The summed E-state index contributed by atoms with van der Waals surface area (Å²) in [5.41, 5.74) is 3.35. The molecule has 154 valence electrons. The van der Waals surface area contributed by atoms with Gasteiger partial charge in [-0.3, -0.25) is 9.59 Å². The van der Waals surface area contributed by atoms with Gasteiger partial charge in [0.2, 0.25) is 11.8 Å². The predicted molar refractivity (Wildman–Crippen MR) is 113 cm³/mol. The molecule has 2 aromatic carbocycles. The van der Waals surface area contributed by atoms with Gasteiger partial charge in [0, 0.05) is 24.9 Å². The molecule has 0 radical (unpaired) electrons. The first kappa shape index (κ1) is 20.9. The lowest BCUT2D eigenvalue weighted by Crippen LogP contribution is -2.37. The fourth-order valence-electron chi connectivity index (χ4n) is 3.85. The van der Waals surface area contributed by atoms with E-state index in [1.54, 1.807) is 7.11 Å². The van der Waals surface area contributed by atoms with Gasteiger partial charge in [-0.2, -0.15) is 0 Å². The normalized spacial score (nSPS) is 18.7. The molecule has 2 amide bonds. The smallest absolute Gasteiger partial charge is 0.223 e. The van der Waals surface area contributed by atoms with E-state index in [4.69, 9.17) is 4.74 Å². The fourth-order valence-corrected chi connectivity index (χ4v) is 3.85. The third-order valence-corrected chi connectivity index (χ3v) is 5.64. The minimum Gasteiger partial charge on any atom is -0.497 e. The second kappa shape index (κ2) is 10.1. The minimum absolute atomic E-state index is 0.00504. The highest BCUT2D eigenvalue weighted by Gasteiger charge is 2.29. The lowest BCUT2D eigenvalue weighted by Gasteiger charge is -2.27. The van der Waals surface area contributed by atoms with Crippen LogP contribution in [0.1, 0.15) is 42.4 Å². The highest BCUT2D eigenvalue weighted by Crippen LogP contribution is 2.29. The Morgan fingerprint density at radius 3 is 1.93 bits per heavy atom. The monoisotopic (exact) mass is 394 g/mol. The molecule has 1 aliphatic carbocycles. The summed E-state index contributed by atoms with van der Waals surface area (Å²) < 4.78 is 5.15. The largest absolute Gasteiger partial charge is 0.497 e. The Balaban J connectivity index is 1.39. The fraction of sp³-hybridized carbons (Fsp3) is 0.417. The van der Waals surface area contributed by atoms with E-state index in [-0.39, 0.29) is 23.7 Å². The van der Waals surface area contributed by atoms with Gasteiger partial charge in [0.05, 0.1) is 7.11 Å². The molecule has 0 aliphatic heterocycles. The summed E-state index contributed by atoms with van der Waals surface area (Å²) in [5.74, 6) is 0.988. The van der Waals surface area contributed by atoms with Gasteiger partial charge < -0.3 is 15.4 Å². The minimum atomic E-state index is -0.00549. The molecule has 0 saturated heterocycles. The summed E-state index contributed by atoms with van der Waals surface area (Å²) >= 11 is 0. The molecule has 3 rings (SSSR count). The van der Waals surface area contributed by atoms with Crippen LogP contribution in [0.15, 0.2) is 48.5 Å². The van der Waals surface area contributed by atoms with Crippen LogP contribution < -0.4 is 15.4 Å². The van der Waals surface area contributed by atoms with Gasteiger partial charge in [-0.05, 0) is 55.9 Å². The maximum atomic E-state index is 12.5. The van der Waals surface area contributed by atoms with Gasteiger partial charge in [-0.25, -0.2) is 0 Å². The molecule has 1 fully saturated rings. The van der Waals surface area contributed by atoms with Crippen molar-refractivity contribution in [1.82, 2.24) is 10.6 Å². The molecule has 0 heterocycles. The topological polar surface area (TPSA) is 67.4 Å². The molecule has 0 atom stereocenters. The summed E-state index contributed by atoms with van der Waals surface area (Å²) in [5, 5.41) is 6.07. The number of hydrogen-bond donors (Lipinski definition) is 2. The third-order valence-electron chi connectivity index (χ3n) is 5.64. The van der Waals surface area contributed by atoms with Crippen molar-refractivity contribution >= 4 is 11.8 Å².